The van der Waals surface area contributed by atoms with Crippen molar-refractivity contribution in [2.24, 2.45) is 0 Å². The molecule has 0 saturated carbocycles. The molecule has 30 heavy (non-hydrogen) atoms. The molecule has 2 saturated heterocycles. The summed E-state index contributed by atoms with van der Waals surface area (Å²) < 4.78 is 25.7. The van der Waals surface area contributed by atoms with Gasteiger partial charge in [-0.2, -0.15) is 0 Å². The van der Waals surface area contributed by atoms with E-state index in [1.807, 2.05) is 31.2 Å². The van der Waals surface area contributed by atoms with Crippen molar-refractivity contribution in [3.8, 4) is 0 Å². The molecule has 2 aromatic rings. The van der Waals surface area contributed by atoms with E-state index < -0.39 is 9.84 Å². The molecule has 0 aliphatic carbocycles. The summed E-state index contributed by atoms with van der Waals surface area (Å²) in [6.07, 6.45) is 0.745. The maximum atomic E-state index is 13.0. The van der Waals surface area contributed by atoms with Gasteiger partial charge in [0.15, 0.2) is 15.6 Å². The first-order valence-corrected chi connectivity index (χ1v) is 12.6. The van der Waals surface area contributed by atoms with E-state index in [0.29, 0.717) is 18.1 Å². The maximum Gasteiger partial charge on any atom is 0.178 e. The Morgan fingerprint density at radius 2 is 1.77 bits per heavy atom. The van der Waals surface area contributed by atoms with E-state index >= 15 is 0 Å². The Balaban J connectivity index is 1.35. The number of rotatable bonds is 6. The van der Waals surface area contributed by atoms with E-state index in [9.17, 15) is 13.2 Å². The predicted octanol–water partition coefficient (Wildman–Crippen LogP) is 2.14. The van der Waals surface area contributed by atoms with Crippen LogP contribution in [-0.2, 0) is 16.4 Å². The van der Waals surface area contributed by atoms with Crippen LogP contribution in [0.3, 0.4) is 0 Å². The Morgan fingerprint density at radius 3 is 2.40 bits per heavy atom. The van der Waals surface area contributed by atoms with Gasteiger partial charge in [0.1, 0.15) is 0 Å². The Kier molecular flexibility index (Phi) is 6.14. The van der Waals surface area contributed by atoms with E-state index in [0.717, 1.165) is 56.1 Å². The number of aromatic nitrogens is 1. The molecule has 6 nitrogen and oxygen atoms in total. The largest absolute Gasteiger partial charge is 0.344 e. The fraction of sp³-hybridized carbons (Fsp3) is 0.522. The van der Waals surface area contributed by atoms with Crippen LogP contribution in [0, 0.1) is 13.8 Å². The van der Waals surface area contributed by atoms with Crippen LogP contribution in [0.25, 0.3) is 0 Å². The van der Waals surface area contributed by atoms with Gasteiger partial charge in [-0.1, -0.05) is 30.3 Å². The molecule has 3 heterocycles. The number of ketones is 1. The summed E-state index contributed by atoms with van der Waals surface area (Å²) in [4.78, 5) is 17.5. The van der Waals surface area contributed by atoms with E-state index in [1.54, 1.807) is 0 Å². The number of carbonyl (C=O) groups is 1. The van der Waals surface area contributed by atoms with Crippen molar-refractivity contribution >= 4 is 15.6 Å². The van der Waals surface area contributed by atoms with Gasteiger partial charge in [-0.15, -0.1) is 0 Å². The minimum Gasteiger partial charge on any atom is -0.344 e. The lowest BCUT2D eigenvalue weighted by Crippen LogP contribution is -2.51. The quantitative estimate of drug-likeness (QED) is 0.659. The molecule has 0 unspecified atom stereocenters. The van der Waals surface area contributed by atoms with Gasteiger partial charge in [-0.25, -0.2) is 8.42 Å². The van der Waals surface area contributed by atoms with E-state index in [4.69, 9.17) is 0 Å². The SMILES string of the molecule is Cc1cc(C(=O)CN2CCN([C@H]3CCS(=O)(=O)C3)CC2)c(C)n1Cc1ccccc1. The first-order valence-electron chi connectivity index (χ1n) is 10.7. The zero-order valence-electron chi connectivity index (χ0n) is 17.9. The second kappa shape index (κ2) is 8.65. The standard InChI is InChI=1S/C23H31N3O3S/c1-18-14-22(19(2)26(18)15-20-6-4-3-5-7-20)23(27)16-24-9-11-25(12-10-24)21-8-13-30(28,29)17-21/h3-7,14,21H,8-13,15-17H2,1-2H3/t21-/m0/s1. The second-order valence-corrected chi connectivity index (χ2v) is 10.9. The minimum atomic E-state index is -2.85. The van der Waals surface area contributed by atoms with Crippen LogP contribution in [0.15, 0.2) is 36.4 Å². The van der Waals surface area contributed by atoms with Crippen LogP contribution in [0.5, 0.6) is 0 Å². The summed E-state index contributed by atoms with van der Waals surface area (Å²) in [7, 11) is -2.85. The van der Waals surface area contributed by atoms with E-state index in [1.165, 1.54) is 5.56 Å². The number of nitrogens with zero attached hydrogens (tertiary/aromatic N) is 3. The summed E-state index contributed by atoms with van der Waals surface area (Å²) in [5.74, 6) is 0.771. The number of benzene rings is 1. The van der Waals surface area contributed by atoms with Gasteiger partial charge in [0.2, 0.25) is 0 Å². The first kappa shape index (κ1) is 21.3. The highest BCUT2D eigenvalue weighted by molar-refractivity contribution is 7.91. The van der Waals surface area contributed by atoms with Crippen molar-refractivity contribution in [3.05, 3.63) is 58.9 Å². The van der Waals surface area contributed by atoms with Crippen LogP contribution in [0.2, 0.25) is 0 Å². The third-order valence-electron chi connectivity index (χ3n) is 6.56. The summed E-state index contributed by atoms with van der Waals surface area (Å²) in [5.41, 5.74) is 4.17. The summed E-state index contributed by atoms with van der Waals surface area (Å²) >= 11 is 0. The van der Waals surface area contributed by atoms with Gasteiger partial charge in [0.05, 0.1) is 18.1 Å². The number of sulfone groups is 1. The second-order valence-electron chi connectivity index (χ2n) is 8.65. The Bertz CT molecular complexity index is 1010. The summed E-state index contributed by atoms with van der Waals surface area (Å²) in [6.45, 7) is 8.57. The van der Waals surface area contributed by atoms with Gasteiger partial charge in [-0.3, -0.25) is 14.6 Å². The van der Waals surface area contributed by atoms with Gasteiger partial charge >= 0.3 is 0 Å². The molecule has 1 atom stereocenters. The van der Waals surface area contributed by atoms with Crippen molar-refractivity contribution in [2.45, 2.75) is 32.9 Å². The van der Waals surface area contributed by atoms with E-state index in [2.05, 4.69) is 33.4 Å². The monoisotopic (exact) mass is 429 g/mol. The van der Waals surface area contributed by atoms with Crippen LogP contribution >= 0.6 is 0 Å². The fourth-order valence-corrected chi connectivity index (χ4v) is 6.49. The lowest BCUT2D eigenvalue weighted by Gasteiger charge is -2.37. The molecule has 0 bridgehead atoms. The molecule has 0 spiro atoms. The highest BCUT2D eigenvalue weighted by atomic mass is 32.2. The van der Waals surface area contributed by atoms with Gasteiger partial charge in [0, 0.05) is 55.7 Å². The maximum absolute atomic E-state index is 13.0. The molecule has 0 amide bonds. The average Bonchev–Trinajstić information content (AvgIpc) is 3.23. The Morgan fingerprint density at radius 1 is 1.07 bits per heavy atom. The van der Waals surface area contributed by atoms with Crippen LogP contribution in [0.1, 0.15) is 33.7 Å². The van der Waals surface area contributed by atoms with Crippen molar-refractivity contribution in [1.29, 1.82) is 0 Å². The molecule has 2 aliphatic heterocycles. The van der Waals surface area contributed by atoms with Crippen molar-refractivity contribution in [1.82, 2.24) is 14.4 Å². The first-order chi connectivity index (χ1) is 14.3. The average molecular weight is 430 g/mol. The minimum absolute atomic E-state index is 0.157. The lowest BCUT2D eigenvalue weighted by molar-refractivity contribution is 0.0795. The molecule has 0 radical (unpaired) electrons. The summed E-state index contributed by atoms with van der Waals surface area (Å²) in [6, 6.07) is 12.5. The topological polar surface area (TPSA) is 62.6 Å². The number of carbonyl (C=O) groups excluding carboxylic acids is 1. The zero-order chi connectivity index (χ0) is 21.3. The molecule has 162 valence electrons. The summed E-state index contributed by atoms with van der Waals surface area (Å²) in [5, 5.41) is 0. The molecule has 7 heteroatoms. The third kappa shape index (κ3) is 4.68. The molecule has 1 aromatic carbocycles. The van der Waals surface area contributed by atoms with Crippen molar-refractivity contribution in [3.63, 3.8) is 0 Å². The van der Waals surface area contributed by atoms with Gasteiger partial charge in [-0.05, 0) is 31.9 Å². The van der Waals surface area contributed by atoms with Crippen LogP contribution in [-0.4, -0.2) is 78.8 Å². The van der Waals surface area contributed by atoms with Crippen molar-refractivity contribution in [2.75, 3.05) is 44.2 Å². The molecule has 1 aromatic heterocycles. The van der Waals surface area contributed by atoms with Gasteiger partial charge in [0.25, 0.3) is 0 Å². The highest BCUT2D eigenvalue weighted by Crippen LogP contribution is 2.21. The number of Topliss-reactive ketones (excluding diaryl/α,β-unsaturated/α-hetero) is 1. The number of aryl methyl sites for hydroxylation is 1. The smallest absolute Gasteiger partial charge is 0.178 e. The third-order valence-corrected chi connectivity index (χ3v) is 8.31. The Labute approximate surface area is 179 Å². The van der Waals surface area contributed by atoms with Crippen LogP contribution in [0.4, 0.5) is 0 Å². The van der Waals surface area contributed by atoms with E-state index in [-0.39, 0.29) is 11.8 Å². The Hall–Kier alpha value is -1.96. The fourth-order valence-electron chi connectivity index (χ4n) is 4.73. The van der Waals surface area contributed by atoms with Gasteiger partial charge < -0.3 is 4.57 Å². The molecular weight excluding hydrogens is 398 g/mol. The molecule has 0 N–H and O–H groups in total. The number of hydrogen-bond acceptors (Lipinski definition) is 5. The molecule has 2 aliphatic rings. The zero-order valence-corrected chi connectivity index (χ0v) is 18.7. The number of piperazine rings is 1. The molecule has 2 fully saturated rings. The van der Waals surface area contributed by atoms with Crippen molar-refractivity contribution < 1.29 is 13.2 Å². The number of hydrogen-bond donors (Lipinski definition) is 0. The lowest BCUT2D eigenvalue weighted by atomic mass is 10.1. The van der Waals surface area contributed by atoms with Crippen LogP contribution < -0.4 is 0 Å². The predicted molar refractivity (Wildman–Crippen MR) is 119 cm³/mol. The highest BCUT2D eigenvalue weighted by Gasteiger charge is 2.34. The normalized spacial score (nSPS) is 22.4. The molecule has 4 rings (SSSR count). The molecular formula is C23H31N3O3S.